The zero-order valence-corrected chi connectivity index (χ0v) is 14.8. The number of likely N-dealkylation sites (tertiary alicyclic amines) is 1. The minimum Gasteiger partial charge on any atom is -0.481 e. The topological polar surface area (TPSA) is 98.7 Å². The van der Waals surface area contributed by atoms with Gasteiger partial charge in [0.1, 0.15) is 0 Å². The fraction of sp³-hybridized carbons (Fsp3) is 0.500. The molecule has 0 bridgehead atoms. The van der Waals surface area contributed by atoms with Crippen LogP contribution in [-0.2, 0) is 4.79 Å². The molecule has 1 aromatic carbocycles. The Bertz CT molecular complexity index is 659. The molecule has 3 amide bonds. The highest BCUT2D eigenvalue weighted by atomic mass is 16.4. The molecule has 1 aliphatic heterocycles. The van der Waals surface area contributed by atoms with Crippen molar-refractivity contribution in [3.63, 3.8) is 0 Å². The Kier molecular flexibility index (Phi) is 6.01. The summed E-state index contributed by atoms with van der Waals surface area (Å²) in [4.78, 5) is 37.3. The fourth-order valence-electron chi connectivity index (χ4n) is 3.04. The Labute approximate surface area is 147 Å². The Morgan fingerprint density at radius 1 is 1.28 bits per heavy atom. The molecule has 1 aromatic rings. The first kappa shape index (κ1) is 18.8. The zero-order valence-electron chi connectivity index (χ0n) is 14.8. The minimum absolute atomic E-state index is 0.0156. The molecule has 2 rings (SSSR count). The molecule has 1 fully saturated rings. The van der Waals surface area contributed by atoms with Gasteiger partial charge in [-0.25, -0.2) is 4.79 Å². The number of aliphatic carboxylic acids is 1. The van der Waals surface area contributed by atoms with E-state index in [9.17, 15) is 19.5 Å². The van der Waals surface area contributed by atoms with Crippen molar-refractivity contribution in [3.8, 4) is 0 Å². The van der Waals surface area contributed by atoms with Gasteiger partial charge in [-0.2, -0.15) is 0 Å². The van der Waals surface area contributed by atoms with Gasteiger partial charge in [0.25, 0.3) is 5.91 Å². The maximum absolute atomic E-state index is 12.7. The summed E-state index contributed by atoms with van der Waals surface area (Å²) in [6.07, 6.45) is 0.455. The summed E-state index contributed by atoms with van der Waals surface area (Å²) in [5.74, 6) is -1.45. The molecule has 0 aromatic heterocycles. The van der Waals surface area contributed by atoms with Gasteiger partial charge in [0.2, 0.25) is 0 Å². The first-order valence-electron chi connectivity index (χ1n) is 8.47. The fourth-order valence-corrected chi connectivity index (χ4v) is 3.04. The Hall–Kier alpha value is -2.57. The highest BCUT2D eigenvalue weighted by molar-refractivity contribution is 5.97. The van der Waals surface area contributed by atoms with Crippen LogP contribution in [0.25, 0.3) is 0 Å². The van der Waals surface area contributed by atoms with Gasteiger partial charge in [0, 0.05) is 30.4 Å². The van der Waals surface area contributed by atoms with Gasteiger partial charge in [0.15, 0.2) is 0 Å². The van der Waals surface area contributed by atoms with Crippen LogP contribution in [0.4, 0.5) is 10.5 Å². The van der Waals surface area contributed by atoms with Crippen LogP contribution in [0, 0.1) is 11.8 Å². The highest BCUT2D eigenvalue weighted by Gasteiger charge is 2.33. The van der Waals surface area contributed by atoms with Crippen molar-refractivity contribution < 1.29 is 19.5 Å². The summed E-state index contributed by atoms with van der Waals surface area (Å²) < 4.78 is 0. The number of anilines is 1. The number of benzene rings is 1. The van der Waals surface area contributed by atoms with Gasteiger partial charge in [-0.3, -0.25) is 9.59 Å². The molecule has 2 atom stereocenters. The Morgan fingerprint density at radius 3 is 2.60 bits per heavy atom. The number of nitrogens with one attached hydrogen (secondary N) is 2. The summed E-state index contributed by atoms with van der Waals surface area (Å²) in [6, 6.07) is 6.46. The third-order valence-corrected chi connectivity index (χ3v) is 4.30. The van der Waals surface area contributed by atoms with E-state index in [0.717, 1.165) is 0 Å². The second-order valence-corrected chi connectivity index (χ2v) is 6.80. The molecule has 1 heterocycles. The van der Waals surface area contributed by atoms with Crippen LogP contribution in [0.15, 0.2) is 24.3 Å². The number of carboxylic acids is 1. The monoisotopic (exact) mass is 347 g/mol. The van der Waals surface area contributed by atoms with Crippen molar-refractivity contribution in [1.29, 1.82) is 0 Å². The second kappa shape index (κ2) is 8.00. The predicted octanol–water partition coefficient (Wildman–Crippen LogP) is 2.40. The summed E-state index contributed by atoms with van der Waals surface area (Å²) in [5.41, 5.74) is 1.01. The molecule has 0 spiro atoms. The molecule has 3 N–H and O–H groups in total. The quantitative estimate of drug-likeness (QED) is 0.779. The molecule has 1 saturated heterocycles. The van der Waals surface area contributed by atoms with Gasteiger partial charge >= 0.3 is 12.0 Å². The third kappa shape index (κ3) is 4.95. The number of piperidine rings is 1. The van der Waals surface area contributed by atoms with Crippen LogP contribution >= 0.6 is 0 Å². The number of carbonyl (C=O) groups excluding carboxylic acids is 2. The van der Waals surface area contributed by atoms with E-state index < -0.39 is 11.9 Å². The number of hydrogen-bond donors (Lipinski definition) is 3. The second-order valence-electron chi connectivity index (χ2n) is 6.80. The van der Waals surface area contributed by atoms with Crippen molar-refractivity contribution in [3.05, 3.63) is 29.8 Å². The molecule has 2 unspecified atom stereocenters. The number of amides is 3. The lowest BCUT2D eigenvalue weighted by molar-refractivity contribution is -0.145. The Balaban J connectivity index is 2.04. The standard InChI is InChI=1S/C18H25N3O4/c1-11(2)19-18(25)20-14-6-4-5-13(9-14)16(22)21-8-7-15(17(23)24)12(3)10-21/h4-6,9,11-12,15H,7-8,10H2,1-3H3,(H,23,24)(H2,19,20,25). The number of carbonyl (C=O) groups is 3. The van der Waals surface area contributed by atoms with E-state index in [2.05, 4.69) is 10.6 Å². The molecule has 1 aliphatic rings. The first-order chi connectivity index (χ1) is 11.8. The lowest BCUT2D eigenvalue weighted by atomic mass is 9.87. The SMILES string of the molecule is CC(C)NC(=O)Nc1cccc(C(=O)N2CCC(C(=O)O)C(C)C2)c1. The number of urea groups is 1. The van der Waals surface area contributed by atoms with Crippen LogP contribution in [0.2, 0.25) is 0 Å². The van der Waals surface area contributed by atoms with E-state index in [4.69, 9.17) is 0 Å². The van der Waals surface area contributed by atoms with E-state index in [1.807, 2.05) is 20.8 Å². The summed E-state index contributed by atoms with van der Waals surface area (Å²) in [7, 11) is 0. The van der Waals surface area contributed by atoms with Crippen molar-refractivity contribution >= 4 is 23.6 Å². The average molecular weight is 347 g/mol. The molecule has 7 nitrogen and oxygen atoms in total. The molecule has 0 aliphatic carbocycles. The molecule has 7 heteroatoms. The van der Waals surface area contributed by atoms with Crippen LogP contribution in [0.5, 0.6) is 0 Å². The summed E-state index contributed by atoms with van der Waals surface area (Å²) in [5, 5.41) is 14.6. The van der Waals surface area contributed by atoms with Crippen LogP contribution in [0.1, 0.15) is 37.6 Å². The number of rotatable bonds is 4. The van der Waals surface area contributed by atoms with E-state index in [1.165, 1.54) is 0 Å². The van der Waals surface area contributed by atoms with Crippen molar-refractivity contribution in [2.24, 2.45) is 11.8 Å². The highest BCUT2D eigenvalue weighted by Crippen LogP contribution is 2.25. The Morgan fingerprint density at radius 2 is 2.00 bits per heavy atom. The largest absolute Gasteiger partial charge is 0.481 e. The normalized spacial score (nSPS) is 20.2. The van der Waals surface area contributed by atoms with Crippen LogP contribution in [-0.4, -0.2) is 47.0 Å². The number of hydrogen-bond acceptors (Lipinski definition) is 3. The van der Waals surface area contributed by atoms with E-state index in [0.29, 0.717) is 30.8 Å². The molecule has 25 heavy (non-hydrogen) atoms. The van der Waals surface area contributed by atoms with Crippen LogP contribution < -0.4 is 10.6 Å². The van der Waals surface area contributed by atoms with Gasteiger partial charge in [-0.05, 0) is 44.4 Å². The summed E-state index contributed by atoms with van der Waals surface area (Å²) in [6.45, 7) is 6.42. The molecule has 136 valence electrons. The lowest BCUT2D eigenvalue weighted by Crippen LogP contribution is -2.45. The van der Waals surface area contributed by atoms with Crippen LogP contribution in [0.3, 0.4) is 0 Å². The van der Waals surface area contributed by atoms with Crippen molar-refractivity contribution in [2.45, 2.75) is 33.2 Å². The predicted molar refractivity (Wildman–Crippen MR) is 94.5 cm³/mol. The van der Waals surface area contributed by atoms with Gasteiger partial charge < -0.3 is 20.6 Å². The average Bonchev–Trinajstić information content (AvgIpc) is 2.53. The van der Waals surface area contributed by atoms with E-state index in [1.54, 1.807) is 29.2 Å². The molecule has 0 saturated carbocycles. The minimum atomic E-state index is -0.804. The first-order valence-corrected chi connectivity index (χ1v) is 8.47. The number of nitrogens with zero attached hydrogens (tertiary/aromatic N) is 1. The third-order valence-electron chi connectivity index (χ3n) is 4.30. The van der Waals surface area contributed by atoms with E-state index >= 15 is 0 Å². The molecular formula is C18H25N3O4. The summed E-state index contributed by atoms with van der Waals surface area (Å²) >= 11 is 0. The number of carboxylic acid groups (broad SMARTS) is 1. The maximum Gasteiger partial charge on any atom is 0.319 e. The van der Waals surface area contributed by atoms with Gasteiger partial charge in [0.05, 0.1) is 5.92 Å². The smallest absolute Gasteiger partial charge is 0.319 e. The van der Waals surface area contributed by atoms with Gasteiger partial charge in [-0.1, -0.05) is 13.0 Å². The lowest BCUT2D eigenvalue weighted by Gasteiger charge is -2.35. The molecular weight excluding hydrogens is 322 g/mol. The van der Waals surface area contributed by atoms with Crippen molar-refractivity contribution in [1.82, 2.24) is 10.2 Å². The maximum atomic E-state index is 12.7. The zero-order chi connectivity index (χ0) is 18.6. The van der Waals surface area contributed by atoms with E-state index in [-0.39, 0.29) is 23.9 Å². The van der Waals surface area contributed by atoms with Gasteiger partial charge in [-0.15, -0.1) is 0 Å². The van der Waals surface area contributed by atoms with Crippen molar-refractivity contribution in [2.75, 3.05) is 18.4 Å². The molecule has 0 radical (unpaired) electrons.